The quantitative estimate of drug-likeness (QED) is 0.759. The minimum absolute atomic E-state index is 0.299. The zero-order valence-corrected chi connectivity index (χ0v) is 11.7. The number of anilines is 1. The van der Waals surface area contributed by atoms with Crippen LogP contribution in [0.2, 0.25) is 0 Å². The first-order valence-corrected chi connectivity index (χ1v) is 6.84. The number of ether oxygens (including phenoxy) is 2. The highest BCUT2D eigenvalue weighted by molar-refractivity contribution is 5.58. The predicted molar refractivity (Wildman–Crippen MR) is 75.8 cm³/mol. The molecule has 6 nitrogen and oxygen atoms in total. The molecule has 6 heteroatoms. The highest BCUT2D eigenvalue weighted by Gasteiger charge is 2.12. The molecule has 0 bridgehead atoms. The molecule has 0 aromatic carbocycles. The van der Waals surface area contributed by atoms with Crippen LogP contribution in [-0.4, -0.2) is 44.4 Å². The fourth-order valence-electron chi connectivity index (χ4n) is 2.14. The molecule has 1 aromatic heterocycles. The fourth-order valence-corrected chi connectivity index (χ4v) is 2.14. The van der Waals surface area contributed by atoms with Crippen LogP contribution >= 0.6 is 0 Å². The lowest BCUT2D eigenvalue weighted by molar-refractivity contribution is 0.0230. The lowest BCUT2D eigenvalue weighted by atomic mass is 10.1. The average Bonchev–Trinajstić information content (AvgIpc) is 2.52. The minimum Gasteiger partial charge on any atom is -0.481 e. The van der Waals surface area contributed by atoms with Crippen molar-refractivity contribution in [1.29, 1.82) is 5.26 Å². The summed E-state index contributed by atoms with van der Waals surface area (Å²) in [5.41, 5.74) is 1.29. The maximum Gasteiger partial charge on any atom is 0.215 e. The van der Waals surface area contributed by atoms with Gasteiger partial charge in [-0.3, -0.25) is 0 Å². The molecule has 1 aromatic rings. The maximum absolute atomic E-state index is 9.04. The van der Waals surface area contributed by atoms with Crippen molar-refractivity contribution in [2.45, 2.75) is 18.9 Å². The largest absolute Gasteiger partial charge is 0.481 e. The second-order valence-electron chi connectivity index (χ2n) is 4.65. The molecule has 1 fully saturated rings. The SMILES string of the molecule is COc1cc(NCCCC2CNCCO2)c(C#N)cn1. The molecule has 0 aliphatic carbocycles. The van der Waals surface area contributed by atoms with Gasteiger partial charge in [-0.2, -0.15) is 5.26 Å². The van der Waals surface area contributed by atoms with Crippen molar-refractivity contribution in [3.63, 3.8) is 0 Å². The van der Waals surface area contributed by atoms with Crippen molar-refractivity contribution in [3.8, 4) is 11.9 Å². The summed E-state index contributed by atoms with van der Waals surface area (Å²) in [6.45, 7) is 3.45. The number of methoxy groups -OCH3 is 1. The molecule has 20 heavy (non-hydrogen) atoms. The Morgan fingerprint density at radius 1 is 1.65 bits per heavy atom. The molecule has 1 unspecified atom stereocenters. The van der Waals surface area contributed by atoms with Gasteiger partial charge in [-0.25, -0.2) is 4.98 Å². The summed E-state index contributed by atoms with van der Waals surface area (Å²) < 4.78 is 10.7. The van der Waals surface area contributed by atoms with Crippen LogP contribution in [0.25, 0.3) is 0 Å². The summed E-state index contributed by atoms with van der Waals surface area (Å²) >= 11 is 0. The zero-order valence-electron chi connectivity index (χ0n) is 11.7. The van der Waals surface area contributed by atoms with E-state index in [0.29, 0.717) is 17.5 Å². The Kier molecular flexibility index (Phi) is 5.59. The van der Waals surface area contributed by atoms with E-state index in [1.54, 1.807) is 13.2 Å². The first-order chi connectivity index (χ1) is 9.83. The molecule has 1 atom stereocenters. The Balaban J connectivity index is 1.79. The lowest BCUT2D eigenvalue weighted by Gasteiger charge is -2.23. The third-order valence-electron chi connectivity index (χ3n) is 3.23. The van der Waals surface area contributed by atoms with E-state index in [2.05, 4.69) is 21.7 Å². The van der Waals surface area contributed by atoms with Crippen LogP contribution in [-0.2, 0) is 4.74 Å². The molecule has 2 heterocycles. The number of rotatable bonds is 6. The predicted octanol–water partition coefficient (Wildman–Crippen LogP) is 1.14. The van der Waals surface area contributed by atoms with Gasteiger partial charge in [0.15, 0.2) is 0 Å². The van der Waals surface area contributed by atoms with E-state index in [-0.39, 0.29) is 0 Å². The highest BCUT2D eigenvalue weighted by Crippen LogP contribution is 2.19. The topological polar surface area (TPSA) is 79.2 Å². The van der Waals surface area contributed by atoms with Gasteiger partial charge in [0.05, 0.1) is 37.3 Å². The Morgan fingerprint density at radius 2 is 2.55 bits per heavy atom. The van der Waals surface area contributed by atoms with Crippen LogP contribution in [0.5, 0.6) is 5.88 Å². The summed E-state index contributed by atoms with van der Waals surface area (Å²) in [7, 11) is 1.56. The van der Waals surface area contributed by atoms with Crippen molar-refractivity contribution in [2.75, 3.05) is 38.7 Å². The summed E-state index contributed by atoms with van der Waals surface area (Å²) in [6.07, 6.45) is 3.81. The number of morpholine rings is 1. The summed E-state index contributed by atoms with van der Waals surface area (Å²) in [6, 6.07) is 3.87. The summed E-state index contributed by atoms with van der Waals surface area (Å²) in [5.74, 6) is 0.506. The monoisotopic (exact) mass is 276 g/mol. The van der Waals surface area contributed by atoms with Crippen molar-refractivity contribution < 1.29 is 9.47 Å². The number of nitriles is 1. The smallest absolute Gasteiger partial charge is 0.215 e. The van der Waals surface area contributed by atoms with E-state index >= 15 is 0 Å². The maximum atomic E-state index is 9.04. The first kappa shape index (κ1) is 14.6. The number of hydrogen-bond donors (Lipinski definition) is 2. The van der Waals surface area contributed by atoms with E-state index in [4.69, 9.17) is 14.7 Å². The van der Waals surface area contributed by atoms with Crippen molar-refractivity contribution >= 4 is 5.69 Å². The van der Waals surface area contributed by atoms with Gasteiger partial charge in [0.1, 0.15) is 6.07 Å². The molecule has 0 radical (unpaired) electrons. The molecule has 0 spiro atoms. The Labute approximate surface area is 119 Å². The van der Waals surface area contributed by atoms with E-state index < -0.39 is 0 Å². The van der Waals surface area contributed by atoms with Gasteiger partial charge in [-0.1, -0.05) is 0 Å². The fraction of sp³-hybridized carbons (Fsp3) is 0.571. The van der Waals surface area contributed by atoms with Gasteiger partial charge in [0.25, 0.3) is 0 Å². The van der Waals surface area contributed by atoms with Gasteiger partial charge >= 0.3 is 0 Å². The molecule has 0 amide bonds. The van der Waals surface area contributed by atoms with Crippen LogP contribution in [0, 0.1) is 11.3 Å². The molecule has 108 valence electrons. The Hall–Kier alpha value is -1.84. The standard InChI is InChI=1S/C14H20N4O2/c1-19-14-7-13(11(8-15)9-18-14)17-4-2-3-12-10-16-5-6-20-12/h7,9,12,16H,2-6,10H2,1H3,(H,17,18). The number of pyridine rings is 1. The third-order valence-corrected chi connectivity index (χ3v) is 3.23. The summed E-state index contributed by atoms with van der Waals surface area (Å²) in [4.78, 5) is 4.02. The summed E-state index contributed by atoms with van der Waals surface area (Å²) in [5, 5.41) is 15.6. The molecule has 2 rings (SSSR count). The molecular weight excluding hydrogens is 256 g/mol. The lowest BCUT2D eigenvalue weighted by Crippen LogP contribution is -2.38. The molecule has 1 aliphatic rings. The Morgan fingerprint density at radius 3 is 3.25 bits per heavy atom. The normalized spacial score (nSPS) is 18.3. The second-order valence-corrected chi connectivity index (χ2v) is 4.65. The average molecular weight is 276 g/mol. The van der Waals surface area contributed by atoms with E-state index in [0.717, 1.165) is 44.8 Å². The Bertz CT molecular complexity index is 467. The molecule has 2 N–H and O–H groups in total. The van der Waals surface area contributed by atoms with Gasteiger partial charge in [-0.05, 0) is 12.8 Å². The number of nitrogens with zero attached hydrogens (tertiary/aromatic N) is 2. The van der Waals surface area contributed by atoms with Gasteiger partial charge in [0.2, 0.25) is 5.88 Å². The first-order valence-electron chi connectivity index (χ1n) is 6.84. The van der Waals surface area contributed by atoms with E-state index in [1.165, 1.54) is 6.20 Å². The number of hydrogen-bond acceptors (Lipinski definition) is 6. The molecular formula is C14H20N4O2. The molecule has 1 aliphatic heterocycles. The van der Waals surface area contributed by atoms with Crippen LogP contribution in [0.4, 0.5) is 5.69 Å². The van der Waals surface area contributed by atoms with E-state index in [1.807, 2.05) is 0 Å². The highest BCUT2D eigenvalue weighted by atomic mass is 16.5. The third kappa shape index (κ3) is 4.08. The van der Waals surface area contributed by atoms with Gasteiger partial charge < -0.3 is 20.1 Å². The number of nitrogens with one attached hydrogen (secondary N) is 2. The van der Waals surface area contributed by atoms with Gasteiger partial charge in [0, 0.05) is 25.7 Å². The number of aromatic nitrogens is 1. The molecule has 1 saturated heterocycles. The van der Waals surface area contributed by atoms with Crippen LogP contribution in [0.15, 0.2) is 12.3 Å². The second kappa shape index (κ2) is 7.68. The van der Waals surface area contributed by atoms with Gasteiger partial charge in [-0.15, -0.1) is 0 Å². The zero-order chi connectivity index (χ0) is 14.2. The van der Waals surface area contributed by atoms with Crippen molar-refractivity contribution in [1.82, 2.24) is 10.3 Å². The van der Waals surface area contributed by atoms with Crippen LogP contribution < -0.4 is 15.4 Å². The van der Waals surface area contributed by atoms with Crippen LogP contribution in [0.1, 0.15) is 18.4 Å². The van der Waals surface area contributed by atoms with Crippen molar-refractivity contribution in [2.24, 2.45) is 0 Å². The van der Waals surface area contributed by atoms with E-state index in [9.17, 15) is 0 Å². The van der Waals surface area contributed by atoms with Crippen LogP contribution in [0.3, 0.4) is 0 Å². The minimum atomic E-state index is 0.299. The van der Waals surface area contributed by atoms with Crippen molar-refractivity contribution in [3.05, 3.63) is 17.8 Å². The molecule has 0 saturated carbocycles.